The number of anilines is 1. The average Bonchev–Trinajstić information content (AvgIpc) is 3.42. The molecule has 152 valence electrons. The average molecular weight is 423 g/mol. The van der Waals surface area contributed by atoms with Crippen LogP contribution in [0.15, 0.2) is 58.7 Å². The zero-order valence-electron chi connectivity index (χ0n) is 16.1. The summed E-state index contributed by atoms with van der Waals surface area (Å²) in [4.78, 5) is 33.2. The van der Waals surface area contributed by atoms with E-state index in [4.69, 9.17) is 13.9 Å². The van der Waals surface area contributed by atoms with Gasteiger partial charge in [-0.25, -0.2) is 14.8 Å². The Labute approximate surface area is 175 Å². The van der Waals surface area contributed by atoms with Crippen molar-refractivity contribution in [2.45, 2.75) is 13.0 Å². The van der Waals surface area contributed by atoms with Crippen LogP contribution in [0.4, 0.5) is 5.13 Å². The van der Waals surface area contributed by atoms with E-state index in [1.807, 2.05) is 29.6 Å². The van der Waals surface area contributed by atoms with E-state index in [2.05, 4.69) is 15.3 Å². The molecular weight excluding hydrogens is 406 g/mol. The molecule has 0 radical (unpaired) electrons. The quantitative estimate of drug-likeness (QED) is 0.465. The fraction of sp³-hybridized carbons (Fsp3) is 0.143. The number of para-hydroxylation sites is 1. The third-order valence-corrected chi connectivity index (χ3v) is 5.09. The molecule has 0 bridgehead atoms. The fourth-order valence-electron chi connectivity index (χ4n) is 2.78. The number of hydrogen-bond donors (Lipinski definition) is 1. The normalized spacial score (nSPS) is 11.8. The van der Waals surface area contributed by atoms with Crippen LogP contribution in [0, 0.1) is 0 Å². The van der Waals surface area contributed by atoms with E-state index in [0.29, 0.717) is 27.7 Å². The van der Waals surface area contributed by atoms with Gasteiger partial charge >= 0.3 is 5.97 Å². The summed E-state index contributed by atoms with van der Waals surface area (Å²) in [5.41, 5.74) is 2.86. The van der Waals surface area contributed by atoms with Gasteiger partial charge < -0.3 is 13.9 Å². The Morgan fingerprint density at radius 1 is 1.20 bits per heavy atom. The molecule has 0 aliphatic carbocycles. The van der Waals surface area contributed by atoms with Gasteiger partial charge in [0.05, 0.1) is 18.4 Å². The number of methoxy groups -OCH3 is 1. The Morgan fingerprint density at radius 3 is 2.87 bits per heavy atom. The predicted octanol–water partition coefficient (Wildman–Crippen LogP) is 4.14. The van der Waals surface area contributed by atoms with Crippen molar-refractivity contribution in [2.75, 3.05) is 12.4 Å². The number of thiazole rings is 1. The molecule has 2 heterocycles. The van der Waals surface area contributed by atoms with E-state index in [0.717, 1.165) is 5.56 Å². The molecule has 0 saturated heterocycles. The highest BCUT2D eigenvalue weighted by atomic mass is 32.1. The predicted molar refractivity (Wildman–Crippen MR) is 112 cm³/mol. The topological polar surface area (TPSA) is 104 Å². The van der Waals surface area contributed by atoms with Crippen molar-refractivity contribution < 1.29 is 23.5 Å². The van der Waals surface area contributed by atoms with Crippen molar-refractivity contribution in [3.63, 3.8) is 0 Å². The van der Waals surface area contributed by atoms with Crippen LogP contribution in [-0.4, -0.2) is 35.1 Å². The zero-order valence-corrected chi connectivity index (χ0v) is 16.9. The summed E-state index contributed by atoms with van der Waals surface area (Å²) < 4.78 is 15.8. The van der Waals surface area contributed by atoms with Crippen LogP contribution in [0.1, 0.15) is 17.3 Å². The van der Waals surface area contributed by atoms with Crippen LogP contribution < -0.4 is 10.1 Å². The highest BCUT2D eigenvalue weighted by Gasteiger charge is 2.21. The van der Waals surface area contributed by atoms with Crippen molar-refractivity contribution in [3.05, 3.63) is 59.8 Å². The number of carbonyl (C=O) groups excluding carboxylic acids is 2. The molecule has 2 aromatic carbocycles. The monoisotopic (exact) mass is 423 g/mol. The smallest absolute Gasteiger partial charge is 0.339 e. The van der Waals surface area contributed by atoms with Crippen molar-refractivity contribution in [2.24, 2.45) is 0 Å². The molecule has 1 amide bonds. The molecule has 0 aliphatic heterocycles. The third kappa shape index (κ3) is 4.01. The van der Waals surface area contributed by atoms with Crippen LogP contribution in [0.5, 0.6) is 5.75 Å². The maximum Gasteiger partial charge on any atom is 0.339 e. The van der Waals surface area contributed by atoms with E-state index >= 15 is 0 Å². The summed E-state index contributed by atoms with van der Waals surface area (Å²) >= 11 is 1.27. The number of aromatic nitrogens is 2. The lowest BCUT2D eigenvalue weighted by molar-refractivity contribution is -0.123. The Bertz CT molecular complexity index is 1220. The number of hydrogen-bond acceptors (Lipinski definition) is 8. The molecule has 0 saturated carbocycles. The molecule has 4 aromatic rings. The van der Waals surface area contributed by atoms with Gasteiger partial charge in [-0.2, -0.15) is 0 Å². The second kappa shape index (κ2) is 8.34. The number of oxazole rings is 1. The van der Waals surface area contributed by atoms with E-state index in [1.54, 1.807) is 19.2 Å². The molecule has 30 heavy (non-hydrogen) atoms. The van der Waals surface area contributed by atoms with E-state index in [1.165, 1.54) is 30.7 Å². The molecule has 8 nitrogen and oxygen atoms in total. The lowest BCUT2D eigenvalue weighted by Crippen LogP contribution is -2.29. The molecule has 1 N–H and O–H groups in total. The van der Waals surface area contributed by atoms with Gasteiger partial charge in [0.2, 0.25) is 0 Å². The molecule has 0 fully saturated rings. The maximum atomic E-state index is 12.4. The minimum absolute atomic E-state index is 0.270. The van der Waals surface area contributed by atoms with Gasteiger partial charge in [-0.3, -0.25) is 10.1 Å². The number of rotatable bonds is 6. The largest absolute Gasteiger partial charge is 0.496 e. The highest BCUT2D eigenvalue weighted by molar-refractivity contribution is 7.14. The number of benzene rings is 2. The molecular formula is C21H17N3O5S. The first-order chi connectivity index (χ1) is 14.5. The van der Waals surface area contributed by atoms with Gasteiger partial charge in [0.15, 0.2) is 23.2 Å². The molecule has 4 rings (SSSR count). The molecule has 1 unspecified atom stereocenters. The van der Waals surface area contributed by atoms with Crippen LogP contribution in [-0.2, 0) is 9.53 Å². The minimum Gasteiger partial charge on any atom is -0.496 e. The number of nitrogens with one attached hydrogen (secondary N) is 1. The van der Waals surface area contributed by atoms with Crippen molar-refractivity contribution in [1.82, 2.24) is 9.97 Å². The first-order valence-electron chi connectivity index (χ1n) is 8.99. The van der Waals surface area contributed by atoms with Gasteiger partial charge in [-0.05, 0) is 37.3 Å². The van der Waals surface area contributed by atoms with Crippen LogP contribution >= 0.6 is 11.3 Å². The van der Waals surface area contributed by atoms with E-state index < -0.39 is 18.0 Å². The second-order valence-corrected chi connectivity index (χ2v) is 7.17. The van der Waals surface area contributed by atoms with Gasteiger partial charge in [-0.1, -0.05) is 12.1 Å². The SMILES string of the molecule is COc1ccccc1-c1csc(NC(=O)C(C)OC(=O)c2ccc3ncoc3c2)n1. The van der Waals surface area contributed by atoms with Crippen LogP contribution in [0.3, 0.4) is 0 Å². The molecule has 1 atom stereocenters. The maximum absolute atomic E-state index is 12.4. The van der Waals surface area contributed by atoms with E-state index in [9.17, 15) is 9.59 Å². The number of fused-ring (bicyclic) bond motifs is 1. The summed E-state index contributed by atoms with van der Waals surface area (Å²) in [5, 5.41) is 4.89. The number of ether oxygens (including phenoxy) is 2. The lowest BCUT2D eigenvalue weighted by atomic mass is 10.1. The number of amides is 1. The van der Waals surface area contributed by atoms with Crippen molar-refractivity contribution in [1.29, 1.82) is 0 Å². The highest BCUT2D eigenvalue weighted by Crippen LogP contribution is 2.31. The first kappa shape index (κ1) is 19.6. The lowest BCUT2D eigenvalue weighted by Gasteiger charge is -2.12. The number of nitrogens with zero attached hydrogens (tertiary/aromatic N) is 2. The summed E-state index contributed by atoms with van der Waals surface area (Å²) in [6, 6.07) is 12.2. The van der Waals surface area contributed by atoms with Gasteiger partial charge in [0.25, 0.3) is 5.91 Å². The van der Waals surface area contributed by atoms with Crippen LogP contribution in [0.2, 0.25) is 0 Å². The first-order valence-corrected chi connectivity index (χ1v) is 9.87. The Kier molecular flexibility index (Phi) is 5.44. The molecule has 0 spiro atoms. The Hall–Kier alpha value is -3.72. The molecule has 0 aliphatic rings. The number of carbonyl (C=O) groups is 2. The Morgan fingerprint density at radius 2 is 2.03 bits per heavy atom. The van der Waals surface area contributed by atoms with Gasteiger partial charge in [-0.15, -0.1) is 11.3 Å². The number of esters is 1. The summed E-state index contributed by atoms with van der Waals surface area (Å²) in [7, 11) is 1.59. The second-order valence-electron chi connectivity index (χ2n) is 6.31. The molecule has 2 aromatic heterocycles. The van der Waals surface area contributed by atoms with Gasteiger partial charge in [0.1, 0.15) is 11.3 Å². The molecule has 9 heteroatoms. The van der Waals surface area contributed by atoms with Crippen molar-refractivity contribution >= 4 is 39.4 Å². The summed E-state index contributed by atoms with van der Waals surface area (Å²) in [6.45, 7) is 1.49. The van der Waals surface area contributed by atoms with Crippen LogP contribution in [0.25, 0.3) is 22.4 Å². The third-order valence-electron chi connectivity index (χ3n) is 4.34. The van der Waals surface area contributed by atoms with E-state index in [-0.39, 0.29) is 5.56 Å². The van der Waals surface area contributed by atoms with Crippen molar-refractivity contribution in [3.8, 4) is 17.0 Å². The minimum atomic E-state index is -1.01. The Balaban J connectivity index is 1.41. The standard InChI is InChI=1S/C21H17N3O5S/c1-12(29-20(26)13-7-8-15-18(9-13)28-11-22-15)19(25)24-21-23-16(10-30-21)14-5-3-4-6-17(14)27-2/h3-12H,1-2H3,(H,23,24,25). The summed E-state index contributed by atoms with van der Waals surface area (Å²) in [5.74, 6) is -0.429. The summed E-state index contributed by atoms with van der Waals surface area (Å²) in [6.07, 6.45) is 0.282. The fourth-order valence-corrected chi connectivity index (χ4v) is 3.50. The zero-order chi connectivity index (χ0) is 21.1. The van der Waals surface area contributed by atoms with Gasteiger partial charge in [0, 0.05) is 10.9 Å².